The molecular weight excluding hydrogens is 1010 g/mol. The van der Waals surface area contributed by atoms with Gasteiger partial charge in [-0.15, -0.1) is 11.8 Å². The monoisotopic (exact) mass is 1070 g/mol. The van der Waals surface area contributed by atoms with Gasteiger partial charge in [-0.2, -0.15) is 0 Å². The fourth-order valence-electron chi connectivity index (χ4n) is 8.47. The van der Waals surface area contributed by atoms with E-state index >= 15 is 0 Å². The fraction of sp³-hybridized carbons (Fsp3) is 0.143. The van der Waals surface area contributed by atoms with E-state index in [4.69, 9.17) is 9.47 Å². The molecule has 9 rings (SSSR count). The van der Waals surface area contributed by atoms with Gasteiger partial charge < -0.3 is 24.8 Å². The van der Waals surface area contributed by atoms with Crippen molar-refractivity contribution in [2.45, 2.75) is 51.9 Å². The maximum Gasteiger partial charge on any atom is 1.00 e. The second-order valence-electron chi connectivity index (χ2n) is 18.2. The van der Waals surface area contributed by atoms with E-state index in [2.05, 4.69) is 165 Å². The van der Waals surface area contributed by atoms with Gasteiger partial charge in [0.2, 0.25) is 0 Å². The molecule has 0 aliphatic rings. The minimum atomic E-state index is -0.0174. The average Bonchev–Trinajstić information content (AvgIpc) is 3.48. The second-order valence-corrected chi connectivity index (χ2v) is 19.0. The molecule has 5 nitrogen and oxygen atoms in total. The zero-order chi connectivity index (χ0) is 53.8. The molecule has 79 heavy (non-hydrogen) atoms. The van der Waals surface area contributed by atoms with Crippen LogP contribution in [0, 0.1) is 6.92 Å². The van der Waals surface area contributed by atoms with Gasteiger partial charge >= 0.3 is 89.1 Å². The number of aryl methyl sites for hydroxylation is 4. The van der Waals surface area contributed by atoms with Gasteiger partial charge in [0.15, 0.2) is 0 Å². The molecule has 0 fully saturated rings. The summed E-state index contributed by atoms with van der Waals surface area (Å²) in [6, 6.07) is 65.6. The Morgan fingerprint density at radius 1 is 0.367 bits per heavy atom. The average molecular weight is 1070 g/mol. The summed E-state index contributed by atoms with van der Waals surface area (Å²) in [6.45, 7) is 8.09. The molecule has 0 N–H and O–H groups in total. The Morgan fingerprint density at radius 3 is 0.937 bits per heavy atom. The minimum absolute atomic E-state index is 0. The first kappa shape index (κ1) is 65.9. The van der Waals surface area contributed by atoms with Crippen LogP contribution in [0.2, 0.25) is 0 Å². The predicted molar refractivity (Wildman–Crippen MR) is 318 cm³/mol. The van der Waals surface area contributed by atoms with Gasteiger partial charge in [-0.1, -0.05) is 273 Å². The first-order chi connectivity index (χ1) is 37.0. The summed E-state index contributed by atoms with van der Waals surface area (Å²) in [4.78, 5) is 0.822. The number of ether oxygens (including phenoxy) is 2. The van der Waals surface area contributed by atoms with Crippen LogP contribution in [0.15, 0.2) is 199 Å². The number of methoxy groups -OCH3 is 2. The summed E-state index contributed by atoms with van der Waals surface area (Å²) in [5.41, 5.74) is 17.1. The van der Waals surface area contributed by atoms with Crippen LogP contribution < -0.4 is 114 Å². The standard InChI is InChI=1S/C24H24O2.C23H22O2.C23H22OS.K.2Li/c1-4-20-15-22(16-23(26-3)24(20)25)21-13-11-19(12-14-21)10-9-18-7-5-17(2)6-8-18;2*1-3-19-15-21(16-22(25-2)23(19)24)20-13-11-18(12-14-20)10-9-17-7-5-4-6-8-17;;;/h5-16,25H,4H2,1-3H3;2*4-16,24H,3H2,1-2H3;;;/q;;;3*+1/p-3/b3*10-9+;;;. The molecule has 9 aromatic carbocycles. The van der Waals surface area contributed by atoms with Crippen molar-refractivity contribution in [1.82, 2.24) is 0 Å². The van der Waals surface area contributed by atoms with Crippen LogP contribution in [0.25, 0.3) is 69.8 Å². The minimum Gasteiger partial charge on any atom is -0.872 e. The molecule has 0 saturated heterocycles. The van der Waals surface area contributed by atoms with Crippen LogP contribution in [-0.4, -0.2) is 20.5 Å². The molecule has 0 aliphatic carbocycles. The number of thioether (sulfide) groups is 1. The smallest absolute Gasteiger partial charge is 0.872 e. The first-order valence-electron chi connectivity index (χ1n) is 25.7. The molecule has 0 aliphatic heterocycles. The van der Waals surface area contributed by atoms with Gasteiger partial charge in [0.1, 0.15) is 11.5 Å². The summed E-state index contributed by atoms with van der Waals surface area (Å²) in [6.07, 6.45) is 16.7. The molecule has 0 heterocycles. The third-order valence-electron chi connectivity index (χ3n) is 13.0. The fourth-order valence-corrected chi connectivity index (χ4v) is 9.03. The van der Waals surface area contributed by atoms with Gasteiger partial charge in [0.25, 0.3) is 0 Å². The molecule has 0 amide bonds. The third-order valence-corrected chi connectivity index (χ3v) is 13.8. The molecule has 0 radical (unpaired) electrons. The summed E-state index contributed by atoms with van der Waals surface area (Å²) in [7, 11) is 3.08. The Bertz CT molecular complexity index is 3150. The summed E-state index contributed by atoms with van der Waals surface area (Å²) in [5.74, 6) is 0.943. The third kappa shape index (κ3) is 19.0. The predicted octanol–water partition coefficient (Wildman–Crippen LogP) is 7.54. The SMILES string of the molecule is CCc1cc(-c2ccc(/C=C/c3ccc(C)cc3)cc2)cc(OC)c1[O-].CCc1cc(-c2ccc(/C=C/c3ccccc3)cc2)cc(OC)c1[O-].CCc1cc(-c2ccc(/C=C/c3ccccc3)cc2)cc(SC)c1[O-].[K+].[Li+].[Li+]. The van der Waals surface area contributed by atoms with E-state index in [0.717, 1.165) is 78.1 Å². The van der Waals surface area contributed by atoms with Crippen molar-refractivity contribution in [3.05, 3.63) is 250 Å². The number of hydrogen-bond acceptors (Lipinski definition) is 6. The molecule has 0 saturated carbocycles. The number of rotatable bonds is 15. The molecule has 0 atom stereocenters. The molecule has 9 heteroatoms. The number of hydrogen-bond donors (Lipinski definition) is 0. The molecule has 0 spiro atoms. The Kier molecular flexibility index (Phi) is 28.2. The normalized spacial score (nSPS) is 10.6. The molecule has 0 aromatic heterocycles. The van der Waals surface area contributed by atoms with Gasteiger partial charge in [-0.25, -0.2) is 0 Å². The van der Waals surface area contributed by atoms with Crippen molar-refractivity contribution in [2.24, 2.45) is 0 Å². The van der Waals surface area contributed by atoms with E-state index in [1.54, 1.807) is 7.11 Å². The van der Waals surface area contributed by atoms with Gasteiger partial charge in [-0.05, 0) is 122 Å². The second kappa shape index (κ2) is 33.8. The maximum atomic E-state index is 12.3. The topological polar surface area (TPSA) is 87.6 Å². The van der Waals surface area contributed by atoms with Crippen LogP contribution in [0.1, 0.15) is 76.4 Å². The van der Waals surface area contributed by atoms with Crippen molar-refractivity contribution in [3.63, 3.8) is 0 Å². The molecule has 0 unspecified atom stereocenters. The Labute approximate surface area is 540 Å². The zero-order valence-electron chi connectivity index (χ0n) is 47.5. The molecule has 0 bridgehead atoms. The van der Waals surface area contributed by atoms with Crippen LogP contribution >= 0.6 is 11.8 Å². The van der Waals surface area contributed by atoms with Gasteiger partial charge in [0, 0.05) is 0 Å². The largest absolute Gasteiger partial charge is 1.00 e. The maximum absolute atomic E-state index is 12.3. The van der Waals surface area contributed by atoms with Crippen LogP contribution in [0.4, 0.5) is 0 Å². The Balaban J connectivity index is 0.000000251. The Hall–Kier alpha value is -5.62. The van der Waals surface area contributed by atoms with Crippen molar-refractivity contribution in [1.29, 1.82) is 0 Å². The van der Waals surface area contributed by atoms with Crippen LogP contribution in [0.5, 0.6) is 28.7 Å². The Morgan fingerprint density at radius 2 is 0.646 bits per heavy atom. The van der Waals surface area contributed by atoms with Crippen LogP contribution in [-0.2, 0) is 19.3 Å². The molecular formula is C70H65KLi2O5S. The molecule has 384 valence electrons. The summed E-state index contributed by atoms with van der Waals surface area (Å²) in [5, 5.41) is 36.6. The summed E-state index contributed by atoms with van der Waals surface area (Å²) < 4.78 is 10.5. The van der Waals surface area contributed by atoms with E-state index < -0.39 is 0 Å². The van der Waals surface area contributed by atoms with Gasteiger partial charge in [-0.3, -0.25) is 0 Å². The summed E-state index contributed by atoms with van der Waals surface area (Å²) >= 11 is 1.52. The van der Waals surface area contributed by atoms with E-state index in [0.29, 0.717) is 24.3 Å². The van der Waals surface area contributed by atoms with E-state index in [-0.39, 0.29) is 106 Å². The van der Waals surface area contributed by atoms with Crippen molar-refractivity contribution < 1.29 is 114 Å². The van der Waals surface area contributed by atoms with Crippen molar-refractivity contribution >= 4 is 48.2 Å². The first-order valence-corrected chi connectivity index (χ1v) is 26.9. The van der Waals surface area contributed by atoms with E-state index in [1.807, 2.05) is 99.8 Å². The van der Waals surface area contributed by atoms with Crippen molar-refractivity contribution in [3.8, 4) is 62.1 Å². The van der Waals surface area contributed by atoms with E-state index in [9.17, 15) is 15.3 Å². The number of benzene rings is 9. The van der Waals surface area contributed by atoms with Gasteiger partial charge in [0.05, 0.1) is 14.2 Å². The van der Waals surface area contributed by atoms with Crippen LogP contribution in [0.3, 0.4) is 0 Å². The quantitative estimate of drug-likeness (QED) is 0.0600. The zero-order valence-corrected chi connectivity index (χ0v) is 51.4. The van der Waals surface area contributed by atoms with E-state index in [1.165, 1.54) is 41.1 Å². The molecule has 9 aromatic rings. The van der Waals surface area contributed by atoms with Crippen molar-refractivity contribution in [2.75, 3.05) is 20.5 Å².